The molecule has 3 heteroatoms. The smallest absolute Gasteiger partial charge is 0.0992 e. The van der Waals surface area contributed by atoms with E-state index in [1.807, 2.05) is 29.9 Å². The van der Waals surface area contributed by atoms with Crippen molar-refractivity contribution < 1.29 is 0 Å². The number of fused-ring (bicyclic) bond motifs is 1. The summed E-state index contributed by atoms with van der Waals surface area (Å²) in [7, 11) is 1.91. The molecule has 0 aliphatic carbocycles. The molecule has 0 saturated heterocycles. The first-order valence-electron chi connectivity index (χ1n) is 3.87. The number of halogens is 1. The summed E-state index contributed by atoms with van der Waals surface area (Å²) in [6.45, 7) is 0. The normalized spacial score (nSPS) is 10.2. The molecule has 1 aromatic carbocycles. The standard InChI is InChI=1S/C10H7ClN2/c1-13-6-9(11)8-3-2-7(5-12)4-10(8)13/h2-4,6H,1H3. The van der Waals surface area contributed by atoms with Gasteiger partial charge in [-0.15, -0.1) is 0 Å². The van der Waals surface area contributed by atoms with Crippen LogP contribution in [-0.2, 0) is 7.05 Å². The van der Waals surface area contributed by atoms with Gasteiger partial charge in [0.1, 0.15) is 0 Å². The van der Waals surface area contributed by atoms with Gasteiger partial charge in [-0.1, -0.05) is 17.7 Å². The highest BCUT2D eigenvalue weighted by Crippen LogP contribution is 2.25. The van der Waals surface area contributed by atoms with Crippen LogP contribution in [0.25, 0.3) is 10.9 Å². The highest BCUT2D eigenvalue weighted by molar-refractivity contribution is 6.35. The Labute approximate surface area is 81.0 Å². The van der Waals surface area contributed by atoms with E-state index >= 15 is 0 Å². The van der Waals surface area contributed by atoms with E-state index < -0.39 is 0 Å². The lowest BCUT2D eigenvalue weighted by molar-refractivity contribution is 0.969. The minimum Gasteiger partial charge on any atom is -0.349 e. The SMILES string of the molecule is Cn1cc(Cl)c2ccc(C#N)cc21. The van der Waals surface area contributed by atoms with Crippen LogP contribution in [0.4, 0.5) is 0 Å². The first-order chi connectivity index (χ1) is 6.22. The van der Waals surface area contributed by atoms with Crippen LogP contribution in [0.5, 0.6) is 0 Å². The quantitative estimate of drug-likeness (QED) is 0.628. The third-order valence-corrected chi connectivity index (χ3v) is 2.37. The topological polar surface area (TPSA) is 28.7 Å². The third-order valence-electron chi connectivity index (χ3n) is 2.07. The van der Waals surface area contributed by atoms with Crippen LogP contribution in [0, 0.1) is 11.3 Å². The first-order valence-corrected chi connectivity index (χ1v) is 4.25. The van der Waals surface area contributed by atoms with Gasteiger partial charge in [0.2, 0.25) is 0 Å². The lowest BCUT2D eigenvalue weighted by atomic mass is 10.2. The molecule has 1 aromatic heterocycles. The third kappa shape index (κ3) is 1.18. The fraction of sp³-hybridized carbons (Fsp3) is 0.100. The second-order valence-electron chi connectivity index (χ2n) is 2.93. The minimum atomic E-state index is 0.658. The van der Waals surface area contributed by atoms with Gasteiger partial charge in [-0.3, -0.25) is 0 Å². The Morgan fingerprint density at radius 1 is 1.46 bits per heavy atom. The fourth-order valence-corrected chi connectivity index (χ4v) is 1.71. The van der Waals surface area contributed by atoms with Crippen LogP contribution >= 0.6 is 11.6 Å². The van der Waals surface area contributed by atoms with Crippen molar-refractivity contribution >= 4 is 22.5 Å². The summed E-state index contributed by atoms with van der Waals surface area (Å²) in [5.41, 5.74) is 1.65. The monoisotopic (exact) mass is 190 g/mol. The second-order valence-corrected chi connectivity index (χ2v) is 3.34. The van der Waals surface area contributed by atoms with E-state index in [2.05, 4.69) is 6.07 Å². The summed E-state index contributed by atoms with van der Waals surface area (Å²) in [5.74, 6) is 0. The molecule has 0 atom stereocenters. The van der Waals surface area contributed by atoms with Crippen LogP contribution in [0.3, 0.4) is 0 Å². The van der Waals surface area contributed by atoms with Crippen molar-refractivity contribution in [3.05, 3.63) is 35.0 Å². The Bertz CT molecular complexity index is 505. The van der Waals surface area contributed by atoms with Crippen molar-refractivity contribution in [1.29, 1.82) is 5.26 Å². The summed E-state index contributed by atoms with van der Waals surface area (Å²) < 4.78 is 1.92. The molecule has 0 aliphatic rings. The number of hydrogen-bond donors (Lipinski definition) is 0. The zero-order valence-corrected chi connectivity index (χ0v) is 7.84. The maximum Gasteiger partial charge on any atom is 0.0992 e. The van der Waals surface area contributed by atoms with Crippen molar-refractivity contribution in [3.63, 3.8) is 0 Å². The van der Waals surface area contributed by atoms with Crippen molar-refractivity contribution in [2.75, 3.05) is 0 Å². The molecule has 0 fully saturated rings. The first kappa shape index (κ1) is 8.15. The highest BCUT2D eigenvalue weighted by atomic mass is 35.5. The Morgan fingerprint density at radius 2 is 2.23 bits per heavy atom. The van der Waals surface area contributed by atoms with Crippen LogP contribution < -0.4 is 0 Å². The lowest BCUT2D eigenvalue weighted by Crippen LogP contribution is -1.84. The summed E-state index contributed by atoms with van der Waals surface area (Å²) in [4.78, 5) is 0. The summed E-state index contributed by atoms with van der Waals surface area (Å²) >= 11 is 5.97. The lowest BCUT2D eigenvalue weighted by Gasteiger charge is -1.95. The zero-order valence-electron chi connectivity index (χ0n) is 7.08. The van der Waals surface area contributed by atoms with Crippen LogP contribution in [0.2, 0.25) is 5.02 Å². The average Bonchev–Trinajstić information content (AvgIpc) is 2.42. The Balaban J connectivity index is 2.86. The van der Waals surface area contributed by atoms with E-state index in [0.717, 1.165) is 15.9 Å². The van der Waals surface area contributed by atoms with Gasteiger partial charge in [-0.25, -0.2) is 0 Å². The number of benzene rings is 1. The van der Waals surface area contributed by atoms with Crippen LogP contribution in [0.15, 0.2) is 24.4 Å². The predicted molar refractivity (Wildman–Crippen MR) is 52.6 cm³/mol. The molecule has 2 rings (SSSR count). The van der Waals surface area contributed by atoms with Gasteiger partial charge in [0.15, 0.2) is 0 Å². The Kier molecular flexibility index (Phi) is 1.75. The predicted octanol–water partition coefficient (Wildman–Crippen LogP) is 2.70. The molecular formula is C10H7ClN2. The van der Waals surface area contributed by atoms with Gasteiger partial charge in [-0.05, 0) is 12.1 Å². The molecule has 0 saturated carbocycles. The van der Waals surface area contributed by atoms with E-state index in [-0.39, 0.29) is 0 Å². The molecule has 0 aliphatic heterocycles. The number of nitriles is 1. The fourth-order valence-electron chi connectivity index (χ4n) is 1.40. The molecule has 2 nitrogen and oxygen atoms in total. The molecule has 2 aromatic rings. The zero-order chi connectivity index (χ0) is 9.42. The second kappa shape index (κ2) is 2.79. The number of hydrogen-bond acceptors (Lipinski definition) is 1. The number of rotatable bonds is 0. The minimum absolute atomic E-state index is 0.658. The molecule has 0 radical (unpaired) electrons. The maximum absolute atomic E-state index is 8.70. The van der Waals surface area contributed by atoms with Gasteiger partial charge in [0, 0.05) is 18.6 Å². The van der Waals surface area contributed by atoms with Gasteiger partial charge in [0.05, 0.1) is 22.2 Å². The molecule has 64 valence electrons. The van der Waals surface area contributed by atoms with Gasteiger partial charge in [-0.2, -0.15) is 5.26 Å². The van der Waals surface area contributed by atoms with Gasteiger partial charge >= 0.3 is 0 Å². The Morgan fingerprint density at radius 3 is 2.92 bits per heavy atom. The van der Waals surface area contributed by atoms with Crippen LogP contribution in [0.1, 0.15) is 5.56 Å². The average molecular weight is 191 g/mol. The summed E-state index contributed by atoms with van der Waals surface area (Å²) in [6.07, 6.45) is 1.84. The number of aryl methyl sites for hydroxylation is 1. The highest BCUT2D eigenvalue weighted by Gasteiger charge is 2.04. The maximum atomic E-state index is 8.70. The molecule has 13 heavy (non-hydrogen) atoms. The van der Waals surface area contributed by atoms with Gasteiger partial charge in [0.25, 0.3) is 0 Å². The van der Waals surface area contributed by atoms with E-state index in [4.69, 9.17) is 16.9 Å². The van der Waals surface area contributed by atoms with Crippen molar-refractivity contribution in [2.24, 2.45) is 7.05 Å². The molecule has 0 spiro atoms. The molecule has 0 N–H and O–H groups in total. The molecular weight excluding hydrogens is 184 g/mol. The van der Waals surface area contributed by atoms with Crippen molar-refractivity contribution in [1.82, 2.24) is 4.57 Å². The van der Waals surface area contributed by atoms with E-state index in [1.54, 1.807) is 6.07 Å². The van der Waals surface area contributed by atoms with Crippen molar-refractivity contribution in [3.8, 4) is 6.07 Å². The van der Waals surface area contributed by atoms with Gasteiger partial charge < -0.3 is 4.57 Å². The van der Waals surface area contributed by atoms with E-state index in [0.29, 0.717) is 5.56 Å². The van der Waals surface area contributed by atoms with E-state index in [1.165, 1.54) is 0 Å². The molecule has 0 bridgehead atoms. The molecule has 0 amide bonds. The summed E-state index contributed by atoms with van der Waals surface area (Å²) in [6, 6.07) is 7.58. The number of aromatic nitrogens is 1. The van der Waals surface area contributed by atoms with Crippen molar-refractivity contribution in [2.45, 2.75) is 0 Å². The number of nitrogens with zero attached hydrogens (tertiary/aromatic N) is 2. The van der Waals surface area contributed by atoms with E-state index in [9.17, 15) is 0 Å². The molecule has 0 unspecified atom stereocenters. The summed E-state index contributed by atoms with van der Waals surface area (Å²) in [5, 5.41) is 10.4. The largest absolute Gasteiger partial charge is 0.349 e. The molecule has 1 heterocycles. The van der Waals surface area contributed by atoms with Crippen LogP contribution in [-0.4, -0.2) is 4.57 Å². The Hall–Kier alpha value is -1.46.